The van der Waals surface area contributed by atoms with Crippen LogP contribution in [0.15, 0.2) is 43.2 Å². The first-order chi connectivity index (χ1) is 14.7. The lowest BCUT2D eigenvalue weighted by Crippen LogP contribution is -2.23. The molecule has 0 aliphatic heterocycles. The van der Waals surface area contributed by atoms with Crippen LogP contribution in [0.3, 0.4) is 0 Å². The second-order valence-corrected chi connectivity index (χ2v) is 8.21. The van der Waals surface area contributed by atoms with Crippen LogP contribution in [0.5, 0.6) is 0 Å². The monoisotopic (exact) mass is 405 g/mol. The molecular formula is C22H27N7O. The molecule has 4 aromatic heterocycles. The van der Waals surface area contributed by atoms with E-state index in [1.165, 1.54) is 32.1 Å². The van der Waals surface area contributed by atoms with Gasteiger partial charge in [-0.1, -0.05) is 19.3 Å². The van der Waals surface area contributed by atoms with Gasteiger partial charge in [0, 0.05) is 50.1 Å². The number of aliphatic hydroxyl groups is 1. The van der Waals surface area contributed by atoms with Gasteiger partial charge in [-0.25, -0.2) is 9.97 Å². The summed E-state index contributed by atoms with van der Waals surface area (Å²) >= 11 is 0. The summed E-state index contributed by atoms with van der Waals surface area (Å²) < 4.78 is 5.81. The largest absolute Gasteiger partial charge is 0.396 e. The Kier molecular flexibility index (Phi) is 5.08. The van der Waals surface area contributed by atoms with Crippen LogP contribution in [0.25, 0.3) is 28.3 Å². The number of hydrogen-bond donors (Lipinski definition) is 1. The average Bonchev–Trinajstić information content (AvgIpc) is 3.52. The number of aliphatic hydroxyl groups excluding tert-OH is 1. The van der Waals surface area contributed by atoms with Crippen LogP contribution >= 0.6 is 0 Å². The summed E-state index contributed by atoms with van der Waals surface area (Å²) in [6, 6.07) is 2.20. The zero-order chi connectivity index (χ0) is 20.5. The van der Waals surface area contributed by atoms with Crippen LogP contribution in [0.1, 0.15) is 44.6 Å². The van der Waals surface area contributed by atoms with E-state index in [0.29, 0.717) is 5.92 Å². The summed E-state index contributed by atoms with van der Waals surface area (Å²) in [5, 5.41) is 18.6. The molecular weight excluding hydrogens is 378 g/mol. The van der Waals surface area contributed by atoms with Crippen LogP contribution in [-0.2, 0) is 7.05 Å². The highest BCUT2D eigenvalue weighted by atomic mass is 16.3. The standard InChI is InChI=1S/C22H27N7O/c1-27-14-17(12-24-27)19-11-21-23-8-9-28(21)22(26-19)18-13-25-29(15-18)20(7-10-30)16-5-3-2-4-6-16/h8-9,11-16,20,30H,2-7,10H2,1H3. The molecule has 0 bridgehead atoms. The van der Waals surface area contributed by atoms with Crippen molar-refractivity contribution in [1.29, 1.82) is 0 Å². The lowest BCUT2D eigenvalue weighted by molar-refractivity contribution is 0.180. The van der Waals surface area contributed by atoms with Gasteiger partial charge >= 0.3 is 0 Å². The van der Waals surface area contributed by atoms with Gasteiger partial charge in [0.2, 0.25) is 0 Å². The molecule has 1 N–H and O–H groups in total. The van der Waals surface area contributed by atoms with Crippen molar-refractivity contribution in [2.75, 3.05) is 6.61 Å². The molecule has 1 aliphatic rings. The van der Waals surface area contributed by atoms with E-state index in [1.54, 1.807) is 10.9 Å². The molecule has 0 aromatic carbocycles. The van der Waals surface area contributed by atoms with Crippen molar-refractivity contribution in [3.8, 4) is 22.6 Å². The van der Waals surface area contributed by atoms with E-state index in [-0.39, 0.29) is 12.6 Å². The summed E-state index contributed by atoms with van der Waals surface area (Å²) in [4.78, 5) is 9.40. The number of imidazole rings is 1. The highest BCUT2D eigenvalue weighted by Crippen LogP contribution is 2.35. The van der Waals surface area contributed by atoms with Gasteiger partial charge in [0.05, 0.1) is 29.7 Å². The van der Waals surface area contributed by atoms with E-state index in [2.05, 4.69) is 16.3 Å². The first kappa shape index (κ1) is 19.0. The van der Waals surface area contributed by atoms with Gasteiger partial charge in [0.25, 0.3) is 0 Å². The Bertz CT molecular complexity index is 1140. The maximum absolute atomic E-state index is 9.66. The molecule has 1 aliphatic carbocycles. The Morgan fingerprint density at radius 3 is 2.70 bits per heavy atom. The summed E-state index contributed by atoms with van der Waals surface area (Å²) in [5.74, 6) is 1.38. The molecule has 4 heterocycles. The van der Waals surface area contributed by atoms with Gasteiger partial charge in [-0.05, 0) is 25.2 Å². The van der Waals surface area contributed by atoms with Crippen molar-refractivity contribution in [2.24, 2.45) is 13.0 Å². The number of hydrogen-bond acceptors (Lipinski definition) is 5. The minimum atomic E-state index is 0.177. The SMILES string of the molecule is Cn1cc(-c2cc3nccn3c(-c3cnn(C(CCO)C4CCCCC4)c3)n2)cn1. The third-order valence-corrected chi connectivity index (χ3v) is 6.21. The van der Waals surface area contributed by atoms with Crippen LogP contribution < -0.4 is 0 Å². The first-order valence-electron chi connectivity index (χ1n) is 10.7. The average molecular weight is 406 g/mol. The van der Waals surface area contributed by atoms with Gasteiger partial charge in [-0.15, -0.1) is 0 Å². The van der Waals surface area contributed by atoms with Crippen molar-refractivity contribution in [3.63, 3.8) is 0 Å². The Hall–Kier alpha value is -3.00. The number of fused-ring (bicyclic) bond motifs is 1. The van der Waals surface area contributed by atoms with E-state index >= 15 is 0 Å². The van der Waals surface area contributed by atoms with E-state index in [4.69, 9.17) is 10.1 Å². The quantitative estimate of drug-likeness (QED) is 0.531. The van der Waals surface area contributed by atoms with Gasteiger partial charge in [-0.2, -0.15) is 10.2 Å². The van der Waals surface area contributed by atoms with E-state index in [1.807, 2.05) is 47.0 Å². The Labute approximate surface area is 175 Å². The van der Waals surface area contributed by atoms with Crippen molar-refractivity contribution < 1.29 is 5.11 Å². The van der Waals surface area contributed by atoms with Gasteiger partial charge in [0.15, 0.2) is 0 Å². The van der Waals surface area contributed by atoms with Crippen molar-refractivity contribution in [2.45, 2.75) is 44.6 Å². The lowest BCUT2D eigenvalue weighted by Gasteiger charge is -2.30. The predicted octanol–water partition coefficient (Wildman–Crippen LogP) is 3.50. The van der Waals surface area contributed by atoms with Crippen LogP contribution in [0.2, 0.25) is 0 Å². The molecule has 0 radical (unpaired) electrons. The predicted molar refractivity (Wildman–Crippen MR) is 114 cm³/mol. The van der Waals surface area contributed by atoms with E-state index in [9.17, 15) is 5.11 Å². The first-order valence-corrected chi connectivity index (χ1v) is 10.7. The maximum Gasteiger partial charge on any atom is 0.149 e. The fourth-order valence-electron chi connectivity index (χ4n) is 4.70. The lowest BCUT2D eigenvalue weighted by atomic mass is 9.83. The van der Waals surface area contributed by atoms with Gasteiger partial charge in [0.1, 0.15) is 11.5 Å². The second-order valence-electron chi connectivity index (χ2n) is 8.21. The van der Waals surface area contributed by atoms with Gasteiger partial charge in [-0.3, -0.25) is 13.8 Å². The molecule has 5 rings (SSSR count). The van der Waals surface area contributed by atoms with E-state index < -0.39 is 0 Å². The van der Waals surface area contributed by atoms with Crippen molar-refractivity contribution in [3.05, 3.63) is 43.2 Å². The normalized spacial score (nSPS) is 16.3. The molecule has 0 saturated heterocycles. The van der Waals surface area contributed by atoms with E-state index in [0.717, 1.165) is 34.7 Å². The summed E-state index contributed by atoms with van der Waals surface area (Å²) in [5.41, 5.74) is 3.58. The Morgan fingerprint density at radius 2 is 1.93 bits per heavy atom. The number of nitrogens with zero attached hydrogens (tertiary/aromatic N) is 7. The Morgan fingerprint density at radius 1 is 1.10 bits per heavy atom. The fraction of sp³-hybridized carbons (Fsp3) is 0.455. The zero-order valence-corrected chi connectivity index (χ0v) is 17.2. The highest BCUT2D eigenvalue weighted by Gasteiger charge is 2.26. The van der Waals surface area contributed by atoms with Crippen LogP contribution in [0.4, 0.5) is 0 Å². The smallest absolute Gasteiger partial charge is 0.149 e. The molecule has 0 spiro atoms. The fourth-order valence-corrected chi connectivity index (χ4v) is 4.70. The molecule has 8 heteroatoms. The third kappa shape index (κ3) is 3.52. The summed E-state index contributed by atoms with van der Waals surface area (Å²) in [6.45, 7) is 0.177. The van der Waals surface area contributed by atoms with Crippen LogP contribution in [0, 0.1) is 5.92 Å². The minimum absolute atomic E-state index is 0.177. The minimum Gasteiger partial charge on any atom is -0.396 e. The molecule has 4 aromatic rings. The number of rotatable bonds is 6. The topological polar surface area (TPSA) is 86.1 Å². The zero-order valence-electron chi connectivity index (χ0n) is 17.2. The van der Waals surface area contributed by atoms with Crippen molar-refractivity contribution >= 4 is 5.65 Å². The van der Waals surface area contributed by atoms with Gasteiger partial charge < -0.3 is 5.11 Å². The summed E-state index contributed by atoms with van der Waals surface area (Å²) in [6.07, 6.45) is 18.4. The Balaban J connectivity index is 1.54. The second kappa shape index (κ2) is 8.02. The molecule has 1 atom stereocenters. The molecule has 8 nitrogen and oxygen atoms in total. The maximum atomic E-state index is 9.66. The number of aromatic nitrogens is 7. The molecule has 30 heavy (non-hydrogen) atoms. The molecule has 1 fully saturated rings. The molecule has 1 saturated carbocycles. The molecule has 0 amide bonds. The third-order valence-electron chi connectivity index (χ3n) is 6.21. The molecule has 156 valence electrons. The van der Waals surface area contributed by atoms with Crippen molar-refractivity contribution in [1.82, 2.24) is 33.9 Å². The van der Waals surface area contributed by atoms with Crippen LogP contribution in [-0.4, -0.2) is 45.6 Å². The molecule has 1 unspecified atom stereocenters. The number of aryl methyl sites for hydroxylation is 1. The summed E-state index contributed by atoms with van der Waals surface area (Å²) in [7, 11) is 1.90. The highest BCUT2D eigenvalue weighted by molar-refractivity contribution is 5.68.